The molecule has 0 bridgehead atoms. The summed E-state index contributed by atoms with van der Waals surface area (Å²) in [6.45, 7) is 1.27. The molecule has 1 aromatic heterocycles. The molecule has 2 fully saturated rings. The lowest BCUT2D eigenvalue weighted by molar-refractivity contribution is -0.141. The van der Waals surface area contributed by atoms with Gasteiger partial charge in [0.2, 0.25) is 0 Å². The first-order valence-corrected chi connectivity index (χ1v) is 8.42. The van der Waals surface area contributed by atoms with E-state index in [1.165, 1.54) is 6.07 Å². The lowest BCUT2D eigenvalue weighted by Gasteiger charge is -2.27. The number of fused-ring (bicyclic) bond motifs is 1. The van der Waals surface area contributed by atoms with Gasteiger partial charge in [-0.1, -0.05) is 36.4 Å². The third-order valence-corrected chi connectivity index (χ3v) is 5.44. The third kappa shape index (κ3) is 2.99. The average molecular weight is 348 g/mol. The van der Waals surface area contributed by atoms with Gasteiger partial charge in [-0.3, -0.25) is 0 Å². The van der Waals surface area contributed by atoms with E-state index in [4.69, 9.17) is 0 Å². The topological polar surface area (TPSA) is 36.4 Å². The van der Waals surface area contributed by atoms with E-state index >= 15 is 0 Å². The normalized spacial score (nSPS) is 29.0. The van der Waals surface area contributed by atoms with Gasteiger partial charge in [-0.05, 0) is 42.4 Å². The summed E-state index contributed by atoms with van der Waals surface area (Å²) in [5.74, 6) is 0.899. The third-order valence-electron chi connectivity index (χ3n) is 5.44. The smallest absolute Gasteiger partial charge is 0.385 e. The summed E-state index contributed by atoms with van der Waals surface area (Å²) in [4.78, 5) is 5.70. The van der Waals surface area contributed by atoms with Crippen LogP contribution in [0.1, 0.15) is 24.1 Å². The maximum absolute atomic E-state index is 12.9. The number of rotatable bonds is 2. The highest BCUT2D eigenvalue weighted by Gasteiger charge is 2.49. The minimum Gasteiger partial charge on any atom is -0.385 e. The van der Waals surface area contributed by atoms with Crippen molar-refractivity contribution in [1.82, 2.24) is 4.98 Å². The standard InChI is InChI=1S/C19H19F3N2O/c20-19(21,22)16-7-4-8-17(23-16)24-11-13-9-18(25,10-14(13)12-24)15-5-2-1-3-6-15/h1-8,13-14,25H,9-12H2/t13-,14+,18?. The highest BCUT2D eigenvalue weighted by atomic mass is 19.4. The van der Waals surface area contributed by atoms with Crippen molar-refractivity contribution in [2.24, 2.45) is 11.8 Å². The Kier molecular flexibility index (Phi) is 3.76. The van der Waals surface area contributed by atoms with Crippen molar-refractivity contribution in [3.8, 4) is 0 Å². The van der Waals surface area contributed by atoms with Gasteiger partial charge in [-0.15, -0.1) is 0 Å². The summed E-state index contributed by atoms with van der Waals surface area (Å²) in [7, 11) is 0. The SMILES string of the molecule is OC1(c2ccccc2)C[C@H]2CN(c3cccc(C(F)(F)F)n3)C[C@H]2C1. The predicted octanol–water partition coefficient (Wildman–Crippen LogP) is 3.83. The summed E-state index contributed by atoms with van der Waals surface area (Å²) in [6.07, 6.45) is -3.16. The van der Waals surface area contributed by atoms with Crippen LogP contribution in [-0.4, -0.2) is 23.2 Å². The molecule has 1 saturated heterocycles. The number of pyridine rings is 1. The molecule has 4 rings (SSSR count). The monoisotopic (exact) mass is 348 g/mol. The van der Waals surface area contributed by atoms with Crippen LogP contribution in [0, 0.1) is 11.8 Å². The minimum atomic E-state index is -4.43. The highest BCUT2D eigenvalue weighted by Crippen LogP contribution is 2.49. The first-order chi connectivity index (χ1) is 11.9. The number of hydrogen-bond acceptors (Lipinski definition) is 3. The van der Waals surface area contributed by atoms with Crippen LogP contribution in [0.25, 0.3) is 0 Å². The number of alkyl halides is 3. The van der Waals surface area contributed by atoms with E-state index in [2.05, 4.69) is 4.98 Å². The molecule has 1 unspecified atom stereocenters. The number of hydrogen-bond donors (Lipinski definition) is 1. The van der Waals surface area contributed by atoms with Gasteiger partial charge in [-0.25, -0.2) is 4.98 Å². The van der Waals surface area contributed by atoms with Gasteiger partial charge in [0.05, 0.1) is 5.60 Å². The molecule has 1 N–H and O–H groups in total. The Labute approximate surface area is 144 Å². The van der Waals surface area contributed by atoms with E-state index in [1.54, 1.807) is 6.07 Å². The first-order valence-electron chi connectivity index (χ1n) is 8.42. The number of benzene rings is 1. The number of nitrogens with zero attached hydrogens (tertiary/aromatic N) is 2. The molecule has 0 radical (unpaired) electrons. The molecule has 0 amide bonds. The zero-order valence-electron chi connectivity index (χ0n) is 13.6. The van der Waals surface area contributed by atoms with Crippen molar-refractivity contribution < 1.29 is 18.3 Å². The van der Waals surface area contributed by atoms with Crippen LogP contribution in [0.15, 0.2) is 48.5 Å². The number of aliphatic hydroxyl groups is 1. The summed E-state index contributed by atoms with van der Waals surface area (Å²) in [6, 6.07) is 13.7. The van der Waals surface area contributed by atoms with Gasteiger partial charge in [0, 0.05) is 13.1 Å². The molecule has 2 aromatic rings. The summed E-state index contributed by atoms with van der Waals surface area (Å²) in [5.41, 5.74) is -0.764. The van der Waals surface area contributed by atoms with E-state index in [9.17, 15) is 18.3 Å². The molecule has 25 heavy (non-hydrogen) atoms. The van der Waals surface area contributed by atoms with Crippen molar-refractivity contribution in [1.29, 1.82) is 0 Å². The average Bonchev–Trinajstić information content (AvgIpc) is 3.11. The molecule has 3 atom stereocenters. The Bertz CT molecular complexity index is 749. The molecule has 2 heterocycles. The van der Waals surface area contributed by atoms with Crippen molar-refractivity contribution in [2.45, 2.75) is 24.6 Å². The van der Waals surface area contributed by atoms with Crippen LogP contribution < -0.4 is 4.90 Å². The molecule has 6 heteroatoms. The van der Waals surface area contributed by atoms with Crippen molar-refractivity contribution in [2.75, 3.05) is 18.0 Å². The number of halogens is 3. The molecule has 3 nitrogen and oxygen atoms in total. The van der Waals surface area contributed by atoms with E-state index in [0.717, 1.165) is 11.6 Å². The highest BCUT2D eigenvalue weighted by molar-refractivity contribution is 5.42. The molecule has 1 aromatic carbocycles. The molecular weight excluding hydrogens is 329 g/mol. The van der Waals surface area contributed by atoms with Crippen molar-refractivity contribution in [3.05, 3.63) is 59.8 Å². The lowest BCUT2D eigenvalue weighted by Crippen LogP contribution is -2.28. The Morgan fingerprint density at radius 3 is 2.20 bits per heavy atom. The zero-order valence-corrected chi connectivity index (χ0v) is 13.6. The van der Waals surface area contributed by atoms with Gasteiger partial charge < -0.3 is 10.0 Å². The first kappa shape index (κ1) is 16.4. The Balaban J connectivity index is 1.50. The fraction of sp³-hybridized carbons (Fsp3) is 0.421. The van der Waals surface area contributed by atoms with Crippen LogP contribution in [0.3, 0.4) is 0 Å². The second-order valence-electron chi connectivity index (χ2n) is 7.11. The Morgan fingerprint density at radius 1 is 0.960 bits per heavy atom. The fourth-order valence-corrected chi connectivity index (χ4v) is 4.28. The fourth-order valence-electron chi connectivity index (χ4n) is 4.28. The van der Waals surface area contributed by atoms with Gasteiger partial charge in [-0.2, -0.15) is 13.2 Å². The predicted molar refractivity (Wildman–Crippen MR) is 88.0 cm³/mol. The Hall–Kier alpha value is -2.08. The molecule has 1 aliphatic carbocycles. The van der Waals surface area contributed by atoms with E-state index in [0.29, 0.717) is 31.7 Å². The van der Waals surface area contributed by atoms with Crippen molar-refractivity contribution >= 4 is 5.82 Å². The van der Waals surface area contributed by atoms with E-state index in [1.807, 2.05) is 35.2 Å². The molecule has 2 aliphatic rings. The molecule has 1 saturated carbocycles. The maximum atomic E-state index is 12.9. The van der Waals surface area contributed by atoms with Gasteiger partial charge in [0.1, 0.15) is 11.5 Å². The quantitative estimate of drug-likeness (QED) is 0.896. The summed E-state index contributed by atoms with van der Waals surface area (Å²) >= 11 is 0. The molecule has 1 aliphatic heterocycles. The second-order valence-corrected chi connectivity index (χ2v) is 7.11. The van der Waals surface area contributed by atoms with E-state index in [-0.39, 0.29) is 11.8 Å². The zero-order chi connectivity index (χ0) is 17.7. The van der Waals surface area contributed by atoms with Crippen LogP contribution in [0.4, 0.5) is 19.0 Å². The molecule has 132 valence electrons. The van der Waals surface area contributed by atoms with Crippen LogP contribution in [0.5, 0.6) is 0 Å². The molecular formula is C19H19F3N2O. The lowest BCUT2D eigenvalue weighted by atomic mass is 9.90. The van der Waals surface area contributed by atoms with Crippen LogP contribution in [0.2, 0.25) is 0 Å². The van der Waals surface area contributed by atoms with E-state index < -0.39 is 17.5 Å². The van der Waals surface area contributed by atoms with Gasteiger partial charge in [0.25, 0.3) is 0 Å². The van der Waals surface area contributed by atoms with Crippen LogP contribution >= 0.6 is 0 Å². The molecule has 0 spiro atoms. The van der Waals surface area contributed by atoms with Gasteiger partial charge >= 0.3 is 6.18 Å². The number of anilines is 1. The maximum Gasteiger partial charge on any atom is 0.433 e. The van der Waals surface area contributed by atoms with Crippen LogP contribution in [-0.2, 0) is 11.8 Å². The summed E-state index contributed by atoms with van der Waals surface area (Å²) in [5, 5.41) is 11.0. The minimum absolute atomic E-state index is 0.265. The largest absolute Gasteiger partial charge is 0.433 e. The summed E-state index contributed by atoms with van der Waals surface area (Å²) < 4.78 is 38.6. The second kappa shape index (κ2) is 5.73. The van der Waals surface area contributed by atoms with Crippen molar-refractivity contribution in [3.63, 3.8) is 0 Å². The number of aromatic nitrogens is 1. The Morgan fingerprint density at radius 2 is 1.60 bits per heavy atom. The van der Waals surface area contributed by atoms with Gasteiger partial charge in [0.15, 0.2) is 0 Å².